The molecule has 0 aliphatic carbocycles. The number of ether oxygens (including phenoxy) is 1. The number of fused-ring (bicyclic) bond motifs is 1. The van der Waals surface area contributed by atoms with Crippen molar-refractivity contribution in [2.45, 2.75) is 23.1 Å². The van der Waals surface area contributed by atoms with Crippen molar-refractivity contribution in [3.63, 3.8) is 0 Å². The number of aromatic nitrogens is 1. The Morgan fingerprint density at radius 1 is 1.47 bits per heavy atom. The number of nitrogens with zero attached hydrogens (tertiary/aromatic N) is 3. The molecule has 2 amide bonds. The van der Waals surface area contributed by atoms with Crippen LogP contribution in [-0.2, 0) is 19.1 Å². The monoisotopic (exact) mass is 497 g/mol. The number of allylic oxidation sites excluding steroid dienone is 1. The van der Waals surface area contributed by atoms with E-state index >= 15 is 0 Å². The van der Waals surface area contributed by atoms with Gasteiger partial charge in [0.1, 0.15) is 22.8 Å². The molecule has 4 heterocycles. The van der Waals surface area contributed by atoms with Gasteiger partial charge in [-0.2, -0.15) is 0 Å². The SMILES string of the molecule is Nc1nc(C(=NO)C(=O)N[C@@H]2C(=O)N3C(C(=O)O)=C(/C=C/SC4CCOC4)CS[C@H]23)cs1. The van der Waals surface area contributed by atoms with Gasteiger partial charge in [0.25, 0.3) is 11.8 Å². The fraction of sp³-hybridized carbons (Fsp3) is 0.389. The first-order valence-corrected chi connectivity index (χ1v) is 12.3. The second kappa shape index (κ2) is 9.52. The highest BCUT2D eigenvalue weighted by molar-refractivity contribution is 8.02. The molecule has 4 rings (SSSR count). The maximum absolute atomic E-state index is 12.7. The van der Waals surface area contributed by atoms with Gasteiger partial charge >= 0.3 is 5.97 Å². The molecule has 0 aromatic carbocycles. The minimum atomic E-state index is -1.21. The Bertz CT molecular complexity index is 1030. The van der Waals surface area contributed by atoms with Crippen molar-refractivity contribution in [1.29, 1.82) is 0 Å². The van der Waals surface area contributed by atoms with Crippen LogP contribution in [0.5, 0.6) is 0 Å². The summed E-state index contributed by atoms with van der Waals surface area (Å²) in [6.07, 6.45) is 2.66. The molecule has 14 heteroatoms. The van der Waals surface area contributed by atoms with E-state index in [4.69, 9.17) is 10.5 Å². The molecule has 32 heavy (non-hydrogen) atoms. The van der Waals surface area contributed by atoms with Crippen LogP contribution in [0.4, 0.5) is 5.13 Å². The van der Waals surface area contributed by atoms with Crippen molar-refractivity contribution in [2.24, 2.45) is 5.16 Å². The van der Waals surface area contributed by atoms with Crippen LogP contribution < -0.4 is 11.1 Å². The molecule has 0 radical (unpaired) electrons. The topological polar surface area (TPSA) is 167 Å². The molecule has 0 bridgehead atoms. The van der Waals surface area contributed by atoms with E-state index in [1.54, 1.807) is 17.8 Å². The molecule has 1 unspecified atom stereocenters. The summed E-state index contributed by atoms with van der Waals surface area (Å²) in [5, 5.41) is 27.7. The van der Waals surface area contributed by atoms with Crippen LogP contribution in [0.3, 0.4) is 0 Å². The van der Waals surface area contributed by atoms with Crippen molar-refractivity contribution >= 4 is 63.5 Å². The molecule has 170 valence electrons. The number of aliphatic carboxylic acids is 1. The van der Waals surface area contributed by atoms with E-state index in [1.165, 1.54) is 22.0 Å². The first-order chi connectivity index (χ1) is 15.4. The summed E-state index contributed by atoms with van der Waals surface area (Å²) in [5.74, 6) is -2.20. The third-order valence-corrected chi connectivity index (χ3v) is 8.02. The highest BCUT2D eigenvalue weighted by Gasteiger charge is 2.54. The molecule has 11 nitrogen and oxygen atoms in total. The highest BCUT2D eigenvalue weighted by Crippen LogP contribution is 2.41. The van der Waals surface area contributed by atoms with Crippen LogP contribution in [0.15, 0.2) is 33.3 Å². The summed E-state index contributed by atoms with van der Waals surface area (Å²) in [4.78, 5) is 42.3. The second-order valence-corrected chi connectivity index (χ2v) is 10.2. The number of rotatable bonds is 7. The fourth-order valence-electron chi connectivity index (χ4n) is 3.44. The lowest BCUT2D eigenvalue weighted by molar-refractivity contribution is -0.150. The van der Waals surface area contributed by atoms with E-state index < -0.39 is 29.2 Å². The number of thiazole rings is 1. The summed E-state index contributed by atoms with van der Waals surface area (Å²) < 4.78 is 5.33. The van der Waals surface area contributed by atoms with Crippen LogP contribution in [0.2, 0.25) is 0 Å². The number of amides is 2. The number of carbonyl (C=O) groups is 3. The van der Waals surface area contributed by atoms with Gasteiger partial charge in [-0.1, -0.05) is 5.16 Å². The van der Waals surface area contributed by atoms with E-state index in [1.807, 2.05) is 5.41 Å². The number of hydrogen-bond acceptors (Lipinski definition) is 11. The van der Waals surface area contributed by atoms with Gasteiger partial charge in [0.05, 0.1) is 6.61 Å². The molecule has 5 N–H and O–H groups in total. The van der Waals surface area contributed by atoms with Gasteiger partial charge in [-0.25, -0.2) is 9.78 Å². The number of anilines is 1. The number of thioether (sulfide) groups is 2. The van der Waals surface area contributed by atoms with Gasteiger partial charge < -0.3 is 26.1 Å². The predicted molar refractivity (Wildman–Crippen MR) is 120 cm³/mol. The number of hydrogen-bond donors (Lipinski definition) is 4. The lowest BCUT2D eigenvalue weighted by Crippen LogP contribution is -2.71. The summed E-state index contributed by atoms with van der Waals surface area (Å²) >= 11 is 3.99. The molecule has 3 aliphatic heterocycles. The molecule has 0 spiro atoms. The lowest BCUT2D eigenvalue weighted by atomic mass is 10.0. The van der Waals surface area contributed by atoms with Crippen LogP contribution in [0, 0.1) is 0 Å². The van der Waals surface area contributed by atoms with E-state index in [0.29, 0.717) is 23.2 Å². The van der Waals surface area contributed by atoms with E-state index in [0.717, 1.165) is 24.4 Å². The second-order valence-electron chi connectivity index (χ2n) is 6.98. The zero-order valence-electron chi connectivity index (χ0n) is 16.5. The number of nitrogens with two attached hydrogens (primary N) is 1. The van der Waals surface area contributed by atoms with Gasteiger partial charge in [0.15, 0.2) is 10.8 Å². The smallest absolute Gasteiger partial charge is 0.352 e. The molecule has 2 saturated heterocycles. The Kier molecular flexibility index (Phi) is 6.74. The number of carboxylic acids is 1. The molecule has 3 aliphatic rings. The summed E-state index contributed by atoms with van der Waals surface area (Å²) in [6.45, 7) is 1.38. The van der Waals surface area contributed by atoms with Crippen LogP contribution in [0.25, 0.3) is 0 Å². The van der Waals surface area contributed by atoms with Crippen molar-refractivity contribution in [2.75, 3.05) is 24.7 Å². The normalized spacial score (nSPS) is 25.8. The Labute approximate surface area is 194 Å². The summed E-state index contributed by atoms with van der Waals surface area (Å²) in [5.41, 5.74) is 5.68. The van der Waals surface area contributed by atoms with Crippen LogP contribution >= 0.6 is 34.9 Å². The maximum Gasteiger partial charge on any atom is 0.352 e. The number of carboxylic acid groups (broad SMARTS) is 1. The molecule has 1 aromatic heterocycles. The third kappa shape index (κ3) is 4.35. The number of oxime groups is 1. The van der Waals surface area contributed by atoms with Gasteiger partial charge in [0.2, 0.25) is 0 Å². The minimum Gasteiger partial charge on any atom is -0.477 e. The average molecular weight is 498 g/mol. The first-order valence-electron chi connectivity index (χ1n) is 9.46. The van der Waals surface area contributed by atoms with Crippen molar-refractivity contribution in [3.05, 3.63) is 33.8 Å². The van der Waals surface area contributed by atoms with Crippen molar-refractivity contribution in [1.82, 2.24) is 15.2 Å². The van der Waals surface area contributed by atoms with Crippen LogP contribution in [0.1, 0.15) is 12.1 Å². The Hall–Kier alpha value is -2.55. The molecule has 2 fully saturated rings. The van der Waals surface area contributed by atoms with Gasteiger partial charge in [-0.3, -0.25) is 14.5 Å². The lowest BCUT2D eigenvalue weighted by Gasteiger charge is -2.49. The minimum absolute atomic E-state index is 0.0798. The van der Waals surface area contributed by atoms with Crippen molar-refractivity contribution in [3.8, 4) is 0 Å². The largest absolute Gasteiger partial charge is 0.477 e. The van der Waals surface area contributed by atoms with Gasteiger partial charge in [-0.15, -0.1) is 34.9 Å². The maximum atomic E-state index is 12.7. The fourth-order valence-corrected chi connectivity index (χ4v) is 6.18. The Morgan fingerprint density at radius 3 is 2.91 bits per heavy atom. The third-order valence-electron chi connectivity index (χ3n) is 4.99. The van der Waals surface area contributed by atoms with Gasteiger partial charge in [0, 0.05) is 23.0 Å². The Morgan fingerprint density at radius 2 is 2.28 bits per heavy atom. The average Bonchev–Trinajstić information content (AvgIpc) is 3.44. The Balaban J connectivity index is 1.46. The summed E-state index contributed by atoms with van der Waals surface area (Å²) in [7, 11) is 0. The summed E-state index contributed by atoms with van der Waals surface area (Å²) in [6, 6.07) is -0.954. The number of nitrogens with one attached hydrogen (secondary N) is 1. The molecule has 0 saturated carbocycles. The number of β-lactam (4-membered cyclic amide) rings is 1. The van der Waals surface area contributed by atoms with Gasteiger partial charge in [-0.05, 0) is 23.5 Å². The van der Waals surface area contributed by atoms with E-state index in [-0.39, 0.29) is 22.2 Å². The first kappa shape index (κ1) is 22.6. The molecule has 1 aromatic rings. The van der Waals surface area contributed by atoms with Crippen LogP contribution in [-0.4, -0.2) is 79.3 Å². The van der Waals surface area contributed by atoms with E-state index in [9.17, 15) is 24.7 Å². The van der Waals surface area contributed by atoms with E-state index in [2.05, 4.69) is 15.5 Å². The predicted octanol–water partition coefficient (Wildman–Crippen LogP) is 0.678. The zero-order valence-corrected chi connectivity index (χ0v) is 18.9. The molecular weight excluding hydrogens is 478 g/mol. The quantitative estimate of drug-likeness (QED) is 0.182. The molecular formula is C18H19N5O6S3. The number of nitrogen functional groups attached to an aromatic ring is 1. The number of carbonyl (C=O) groups excluding carboxylic acids is 2. The molecule has 3 atom stereocenters. The van der Waals surface area contributed by atoms with Crippen molar-refractivity contribution < 1.29 is 29.4 Å². The standard InChI is InChI=1S/C18H19N5O6S3/c19-18-20-10(7-32-18)11(22-28)14(24)21-12-15(25)23-13(17(26)27)8(6-31-16(12)23)2-4-30-9-1-3-29-5-9/h2,4,7,9,12,16,28H,1,3,5-6H2,(H2,19,20)(H,21,24)(H,26,27)/b4-2+,22-11?/t9?,12-,16-/m1/s1. The zero-order chi connectivity index (χ0) is 22.8. The highest BCUT2D eigenvalue weighted by atomic mass is 32.2.